The quantitative estimate of drug-likeness (QED) is 0.0229. The van der Waals surface area contributed by atoms with Crippen molar-refractivity contribution < 1.29 is 37.4 Å². The Hall–Kier alpha value is -7.12. The van der Waals surface area contributed by atoms with Gasteiger partial charge in [0.15, 0.2) is 0 Å². The third-order valence-electron chi connectivity index (χ3n) is 10.8. The van der Waals surface area contributed by atoms with Gasteiger partial charge in [-0.3, -0.25) is 39.5 Å². The second-order valence-corrected chi connectivity index (χ2v) is 15.8. The number of aliphatic imine (C=N–C) groups is 4. The fourth-order valence-electron chi connectivity index (χ4n) is 7.52. The molecule has 0 aromatic heterocycles. The van der Waals surface area contributed by atoms with Gasteiger partial charge in [0, 0.05) is 70.6 Å². The molecule has 2 aliphatic heterocycles. The number of rotatable bonds is 23. The number of hydrazone groups is 1. The molecule has 4 aromatic carbocycles. The van der Waals surface area contributed by atoms with Gasteiger partial charge in [-0.2, -0.15) is 5.10 Å². The molecule has 5 N–H and O–H groups in total. The van der Waals surface area contributed by atoms with Crippen molar-refractivity contribution in [2.45, 2.75) is 38.8 Å². The van der Waals surface area contributed by atoms with E-state index in [-0.39, 0.29) is 49.2 Å². The summed E-state index contributed by atoms with van der Waals surface area (Å²) in [6.07, 6.45) is 4.59. The molecule has 1 unspecified atom stereocenters. The summed E-state index contributed by atoms with van der Waals surface area (Å²) in [5, 5.41) is 12.4. The number of fused-ring (bicyclic) bond motifs is 2. The Kier molecular flexibility index (Phi) is 18.6. The van der Waals surface area contributed by atoms with Gasteiger partial charge in [0.25, 0.3) is 5.91 Å². The van der Waals surface area contributed by atoms with Crippen LogP contribution in [-0.4, -0.2) is 118 Å². The molecule has 354 valence electrons. The second-order valence-electron chi connectivity index (χ2n) is 15.4. The average Bonchev–Trinajstić information content (AvgIpc) is 3.57. The monoisotopic (exact) mass is 948 g/mol. The summed E-state index contributed by atoms with van der Waals surface area (Å²) in [6, 6.07) is 20.0. The number of hydrogen-bond donors (Lipinski definition) is 4. The SMILES string of the molecule is C=N/C=C1/CN=C(c2c(F)cccc2F)c2cc(Cl)ccc2C1=Nc1ccc(C(C=NCCOCCNCCOCCC(=O)Nc2ccc3c(c2)CN(C(CCC)C(=O)NC=O)C3=O)=NN)cc1. The number of hydrogen-bond acceptors (Lipinski definition) is 13. The number of carbonyl (C=O) groups excluding carboxylic acids is 4. The molecule has 1 atom stereocenters. The van der Waals surface area contributed by atoms with Crippen LogP contribution in [0.2, 0.25) is 5.02 Å². The minimum atomic E-state index is -0.766. The molecular formula is C49H51ClF2N10O6. The van der Waals surface area contributed by atoms with Gasteiger partial charge in [-0.05, 0) is 73.3 Å². The molecule has 0 spiro atoms. The van der Waals surface area contributed by atoms with E-state index in [0.29, 0.717) is 120 Å². The van der Waals surface area contributed by atoms with Crippen molar-refractivity contribution in [2.75, 3.05) is 57.9 Å². The minimum absolute atomic E-state index is 0.0231. The van der Waals surface area contributed by atoms with Gasteiger partial charge in [0.05, 0.1) is 68.6 Å². The molecule has 2 aliphatic rings. The predicted octanol–water partition coefficient (Wildman–Crippen LogP) is 5.96. The molecule has 0 fully saturated rings. The summed E-state index contributed by atoms with van der Waals surface area (Å²) in [7, 11) is 0. The Labute approximate surface area is 397 Å². The maximum Gasteiger partial charge on any atom is 0.255 e. The van der Waals surface area contributed by atoms with Gasteiger partial charge in [0.1, 0.15) is 23.4 Å². The topological polar surface area (TPSA) is 214 Å². The number of ether oxygens (including phenoxy) is 2. The second kappa shape index (κ2) is 25.1. The normalized spacial score (nSPS) is 15.2. The molecule has 0 saturated heterocycles. The Morgan fingerprint density at radius 2 is 1.71 bits per heavy atom. The van der Waals surface area contributed by atoms with Crippen LogP contribution in [0.25, 0.3) is 0 Å². The van der Waals surface area contributed by atoms with E-state index in [1.165, 1.54) is 29.3 Å². The van der Waals surface area contributed by atoms with Crippen molar-refractivity contribution in [3.63, 3.8) is 0 Å². The Morgan fingerprint density at radius 3 is 2.41 bits per heavy atom. The van der Waals surface area contributed by atoms with Crippen LogP contribution >= 0.6 is 11.6 Å². The minimum Gasteiger partial charge on any atom is -0.380 e. The average molecular weight is 949 g/mol. The standard InChI is InChI=1S/C49H51ClF2N10O6/c1-3-5-43(48(65)58-30-63)62-29-32-24-36(13-15-37(32)49(62)66)59-44(64)16-20-67-21-17-55-18-22-68-23-19-56-28-42(61-53)31-8-11-35(12-9-31)60-46-33(26-54-2)27-57-47(39-25-34(50)10-14-38(39)46)45-40(51)6-4-7-41(45)52/h4,6-15,24-26,28,30,43,55H,2-3,5,16-23,27,29,53H2,1H3,(H,59,64)(H,58,63,65)/b33-26-,56-28?,60-46?,61-42?. The van der Waals surface area contributed by atoms with Crippen LogP contribution in [0.15, 0.2) is 116 Å². The molecule has 19 heteroatoms. The fourth-order valence-corrected chi connectivity index (χ4v) is 7.69. The first-order chi connectivity index (χ1) is 33.1. The van der Waals surface area contributed by atoms with Crippen LogP contribution in [0.3, 0.4) is 0 Å². The largest absolute Gasteiger partial charge is 0.380 e. The van der Waals surface area contributed by atoms with Gasteiger partial charge < -0.3 is 30.8 Å². The van der Waals surface area contributed by atoms with Gasteiger partial charge >= 0.3 is 0 Å². The molecule has 0 saturated carbocycles. The van der Waals surface area contributed by atoms with Crippen molar-refractivity contribution in [1.82, 2.24) is 15.5 Å². The summed E-state index contributed by atoms with van der Waals surface area (Å²) >= 11 is 6.38. The highest BCUT2D eigenvalue weighted by molar-refractivity contribution is 6.38. The summed E-state index contributed by atoms with van der Waals surface area (Å²) in [5.41, 5.74) is 5.24. The van der Waals surface area contributed by atoms with Gasteiger partial charge in [0.2, 0.25) is 18.2 Å². The lowest BCUT2D eigenvalue weighted by molar-refractivity contribution is -0.129. The first-order valence-corrected chi connectivity index (χ1v) is 22.2. The van der Waals surface area contributed by atoms with E-state index in [1.54, 1.807) is 66.9 Å². The number of amides is 4. The highest BCUT2D eigenvalue weighted by atomic mass is 35.5. The molecule has 0 aliphatic carbocycles. The zero-order valence-electron chi connectivity index (χ0n) is 37.4. The van der Waals surface area contributed by atoms with Crippen molar-refractivity contribution in [3.8, 4) is 0 Å². The maximum absolute atomic E-state index is 15.0. The Morgan fingerprint density at radius 1 is 0.971 bits per heavy atom. The number of benzene rings is 4. The Bertz CT molecular complexity index is 2630. The number of nitrogens with two attached hydrogens (primary N) is 1. The summed E-state index contributed by atoms with van der Waals surface area (Å²) in [6.45, 7) is 8.63. The van der Waals surface area contributed by atoms with E-state index >= 15 is 8.78 Å². The van der Waals surface area contributed by atoms with E-state index in [2.05, 4.69) is 42.7 Å². The molecule has 2 heterocycles. The third-order valence-corrected chi connectivity index (χ3v) is 11.0. The summed E-state index contributed by atoms with van der Waals surface area (Å²) in [5.74, 6) is 3.14. The number of imide groups is 1. The van der Waals surface area contributed by atoms with Crippen LogP contribution in [0.1, 0.15) is 64.4 Å². The summed E-state index contributed by atoms with van der Waals surface area (Å²) in [4.78, 5) is 68.1. The van der Waals surface area contributed by atoms with Crippen LogP contribution in [0.4, 0.5) is 20.2 Å². The number of nitrogens with zero attached hydrogens (tertiary/aromatic N) is 6. The van der Waals surface area contributed by atoms with E-state index in [9.17, 15) is 19.2 Å². The van der Waals surface area contributed by atoms with Gasteiger partial charge in [-0.25, -0.2) is 13.8 Å². The molecule has 4 amide bonds. The lowest BCUT2D eigenvalue weighted by Crippen LogP contribution is -2.46. The molecule has 6 rings (SSSR count). The third kappa shape index (κ3) is 13.1. The number of carbonyl (C=O) groups is 4. The van der Waals surface area contributed by atoms with Crippen LogP contribution in [0.5, 0.6) is 0 Å². The van der Waals surface area contributed by atoms with Crippen molar-refractivity contribution >= 4 is 77.2 Å². The maximum atomic E-state index is 15.0. The number of anilines is 1. The molecule has 0 bridgehead atoms. The predicted molar refractivity (Wildman–Crippen MR) is 260 cm³/mol. The zero-order chi connectivity index (χ0) is 48.4. The summed E-state index contributed by atoms with van der Waals surface area (Å²) < 4.78 is 41.3. The number of halogens is 3. The van der Waals surface area contributed by atoms with Crippen molar-refractivity contribution in [2.24, 2.45) is 30.9 Å². The molecule has 4 aromatic rings. The van der Waals surface area contributed by atoms with E-state index in [0.717, 1.165) is 0 Å². The molecular weight excluding hydrogens is 898 g/mol. The molecule has 68 heavy (non-hydrogen) atoms. The van der Waals surface area contributed by atoms with Crippen LogP contribution in [0, 0.1) is 11.6 Å². The van der Waals surface area contributed by atoms with Crippen molar-refractivity contribution in [1.29, 1.82) is 0 Å². The lowest BCUT2D eigenvalue weighted by Gasteiger charge is -2.25. The first-order valence-electron chi connectivity index (χ1n) is 21.8. The zero-order valence-corrected chi connectivity index (χ0v) is 38.1. The Balaban J connectivity index is 0.891. The van der Waals surface area contributed by atoms with Gasteiger partial charge in [-0.15, -0.1) is 0 Å². The highest BCUT2D eigenvalue weighted by Crippen LogP contribution is 2.31. The first kappa shape index (κ1) is 50.3. The van der Waals surface area contributed by atoms with Gasteiger partial charge in [-0.1, -0.05) is 49.2 Å². The van der Waals surface area contributed by atoms with Crippen LogP contribution < -0.4 is 21.8 Å². The molecule has 0 radical (unpaired) electrons. The highest BCUT2D eigenvalue weighted by Gasteiger charge is 2.36. The van der Waals surface area contributed by atoms with E-state index in [1.807, 2.05) is 6.92 Å². The smallest absolute Gasteiger partial charge is 0.255 e. The van der Waals surface area contributed by atoms with E-state index in [4.69, 9.17) is 31.9 Å². The van der Waals surface area contributed by atoms with E-state index < -0.39 is 23.6 Å². The van der Waals surface area contributed by atoms with Crippen molar-refractivity contribution in [3.05, 3.63) is 141 Å². The van der Waals surface area contributed by atoms with Crippen LogP contribution in [-0.2, 0) is 30.4 Å². The number of nitrogens with one attached hydrogen (secondary N) is 3. The lowest BCUT2D eigenvalue weighted by atomic mass is 9.93. The molecule has 16 nitrogen and oxygen atoms in total. The fraction of sp³-hybridized carbons (Fsp3) is 0.286.